The Morgan fingerprint density at radius 3 is 2.11 bits per heavy atom. The smallest absolute Gasteiger partial charge is 0.261 e. The number of carbonyl (C=O) groups excluding carboxylic acids is 1. The van der Waals surface area contributed by atoms with Crippen LogP contribution in [0, 0.1) is 19.8 Å². The van der Waals surface area contributed by atoms with Gasteiger partial charge in [0.05, 0.1) is 4.90 Å². The Bertz CT molecular complexity index is 953. The maximum Gasteiger partial charge on any atom is 0.261 e. The van der Waals surface area contributed by atoms with Crippen molar-refractivity contribution < 1.29 is 13.2 Å². The molecule has 8 heteroatoms. The zero-order valence-corrected chi connectivity index (χ0v) is 17.3. The van der Waals surface area contributed by atoms with E-state index in [-0.39, 0.29) is 21.8 Å². The van der Waals surface area contributed by atoms with E-state index in [1.54, 1.807) is 38.1 Å². The normalized spacial score (nSPS) is 11.1. The fourth-order valence-corrected chi connectivity index (χ4v) is 3.42. The van der Waals surface area contributed by atoms with Crippen LogP contribution in [0.4, 0.5) is 11.4 Å². The molecule has 0 aromatic heterocycles. The van der Waals surface area contributed by atoms with Crippen molar-refractivity contribution in [3.63, 3.8) is 0 Å². The topological polar surface area (TPSA) is 87.3 Å². The van der Waals surface area contributed by atoms with Crippen LogP contribution in [0.1, 0.15) is 25.0 Å². The predicted octanol–water partition coefficient (Wildman–Crippen LogP) is 3.57. The Kier molecular flexibility index (Phi) is 6.56. The summed E-state index contributed by atoms with van der Waals surface area (Å²) >= 11 is 5.07. The van der Waals surface area contributed by atoms with Gasteiger partial charge in [0, 0.05) is 17.3 Å². The van der Waals surface area contributed by atoms with Gasteiger partial charge < -0.3 is 10.6 Å². The van der Waals surface area contributed by atoms with Crippen molar-refractivity contribution in [1.82, 2.24) is 5.32 Å². The molecule has 0 aliphatic heterocycles. The van der Waals surface area contributed by atoms with Crippen LogP contribution >= 0.6 is 12.2 Å². The van der Waals surface area contributed by atoms with Crippen LogP contribution in [0.15, 0.2) is 47.4 Å². The van der Waals surface area contributed by atoms with Gasteiger partial charge in [0.2, 0.25) is 5.91 Å². The number of aryl methyl sites for hydroxylation is 2. The molecule has 2 rings (SSSR count). The lowest BCUT2D eigenvalue weighted by Gasteiger charge is -2.12. The van der Waals surface area contributed by atoms with E-state index < -0.39 is 10.0 Å². The van der Waals surface area contributed by atoms with Crippen LogP contribution in [-0.4, -0.2) is 19.4 Å². The molecule has 0 unspecified atom stereocenters. The van der Waals surface area contributed by atoms with Crippen LogP contribution in [0.2, 0.25) is 0 Å². The van der Waals surface area contributed by atoms with Crippen LogP contribution in [-0.2, 0) is 14.8 Å². The molecule has 3 N–H and O–H groups in total. The van der Waals surface area contributed by atoms with E-state index >= 15 is 0 Å². The summed E-state index contributed by atoms with van der Waals surface area (Å²) in [6.45, 7) is 7.42. The van der Waals surface area contributed by atoms with Gasteiger partial charge in [-0.05, 0) is 73.6 Å². The molecule has 0 bridgehead atoms. The lowest BCUT2D eigenvalue weighted by atomic mass is 10.1. The van der Waals surface area contributed by atoms with Crippen molar-refractivity contribution in [3.05, 3.63) is 53.6 Å². The molecule has 2 aromatic carbocycles. The summed E-state index contributed by atoms with van der Waals surface area (Å²) in [5.74, 6) is -0.377. The van der Waals surface area contributed by atoms with E-state index in [1.807, 2.05) is 19.9 Å². The Morgan fingerprint density at radius 1 is 0.963 bits per heavy atom. The third-order valence-electron chi connectivity index (χ3n) is 3.94. The van der Waals surface area contributed by atoms with E-state index in [2.05, 4.69) is 15.4 Å². The van der Waals surface area contributed by atoms with Gasteiger partial charge in [0.25, 0.3) is 10.0 Å². The summed E-state index contributed by atoms with van der Waals surface area (Å²) in [5, 5.41) is 5.58. The van der Waals surface area contributed by atoms with Crippen molar-refractivity contribution in [2.24, 2.45) is 5.92 Å². The number of hydrogen-bond donors (Lipinski definition) is 3. The van der Waals surface area contributed by atoms with E-state index in [4.69, 9.17) is 12.2 Å². The summed E-state index contributed by atoms with van der Waals surface area (Å²) in [5.41, 5.74) is 3.19. The third-order valence-corrected chi connectivity index (χ3v) is 5.54. The summed E-state index contributed by atoms with van der Waals surface area (Å²) in [6, 6.07) is 11.5. The monoisotopic (exact) mass is 405 g/mol. The molecule has 0 aliphatic rings. The number of amides is 1. The van der Waals surface area contributed by atoms with Crippen LogP contribution in [0.25, 0.3) is 0 Å². The fraction of sp³-hybridized carbons (Fsp3) is 0.263. The van der Waals surface area contributed by atoms with Crippen molar-refractivity contribution >= 4 is 44.6 Å². The minimum Gasteiger partial charge on any atom is -0.332 e. The minimum absolute atomic E-state index is 0.128. The number of nitrogens with one attached hydrogen (secondary N) is 3. The van der Waals surface area contributed by atoms with Crippen molar-refractivity contribution in [3.8, 4) is 0 Å². The van der Waals surface area contributed by atoms with Gasteiger partial charge in [-0.2, -0.15) is 0 Å². The maximum absolute atomic E-state index is 12.5. The molecule has 0 heterocycles. The molecular weight excluding hydrogens is 382 g/mol. The first-order chi connectivity index (χ1) is 12.6. The van der Waals surface area contributed by atoms with Gasteiger partial charge in [-0.3, -0.25) is 9.52 Å². The molecule has 1 amide bonds. The van der Waals surface area contributed by atoms with Gasteiger partial charge in [-0.25, -0.2) is 8.42 Å². The highest BCUT2D eigenvalue weighted by Gasteiger charge is 2.15. The van der Waals surface area contributed by atoms with E-state index in [9.17, 15) is 13.2 Å². The first kappa shape index (κ1) is 20.9. The number of rotatable bonds is 5. The van der Waals surface area contributed by atoms with Crippen LogP contribution in [0.3, 0.4) is 0 Å². The van der Waals surface area contributed by atoms with E-state index in [0.717, 1.165) is 11.1 Å². The van der Waals surface area contributed by atoms with Gasteiger partial charge >= 0.3 is 0 Å². The molecule has 6 nitrogen and oxygen atoms in total. The van der Waals surface area contributed by atoms with Crippen molar-refractivity contribution in [2.75, 3.05) is 10.0 Å². The summed E-state index contributed by atoms with van der Waals surface area (Å²) in [4.78, 5) is 11.7. The van der Waals surface area contributed by atoms with E-state index in [0.29, 0.717) is 11.4 Å². The van der Waals surface area contributed by atoms with E-state index in [1.165, 1.54) is 12.1 Å². The Balaban J connectivity index is 2.07. The standard InChI is InChI=1S/C19H23N3O3S2/c1-12(2)18(23)21-19(26)20-15-7-9-17(10-8-15)27(24,25)22-16-6-5-13(3)14(4)11-16/h5-12,22H,1-4H3,(H2,20,21,23,26). The molecule has 0 saturated carbocycles. The van der Waals surface area contributed by atoms with Crippen molar-refractivity contribution in [2.45, 2.75) is 32.6 Å². The fourth-order valence-electron chi connectivity index (χ4n) is 2.15. The molecule has 0 radical (unpaired) electrons. The molecule has 27 heavy (non-hydrogen) atoms. The predicted molar refractivity (Wildman–Crippen MR) is 112 cm³/mol. The highest BCUT2D eigenvalue weighted by molar-refractivity contribution is 7.92. The molecule has 0 fully saturated rings. The second-order valence-electron chi connectivity index (χ2n) is 6.53. The highest BCUT2D eigenvalue weighted by atomic mass is 32.2. The average Bonchev–Trinajstić information content (AvgIpc) is 2.58. The number of sulfonamides is 1. The molecule has 0 aliphatic carbocycles. The first-order valence-electron chi connectivity index (χ1n) is 8.40. The quantitative estimate of drug-likeness (QED) is 0.662. The Morgan fingerprint density at radius 2 is 1.56 bits per heavy atom. The molecule has 0 atom stereocenters. The van der Waals surface area contributed by atoms with Gasteiger partial charge in [-0.15, -0.1) is 0 Å². The highest BCUT2D eigenvalue weighted by Crippen LogP contribution is 2.20. The third kappa shape index (κ3) is 5.77. The number of benzene rings is 2. The number of anilines is 2. The van der Waals surface area contributed by atoms with Gasteiger partial charge in [-0.1, -0.05) is 19.9 Å². The molecule has 2 aromatic rings. The van der Waals surface area contributed by atoms with Crippen molar-refractivity contribution in [1.29, 1.82) is 0 Å². The minimum atomic E-state index is -3.70. The summed E-state index contributed by atoms with van der Waals surface area (Å²) in [7, 11) is -3.70. The lowest BCUT2D eigenvalue weighted by Crippen LogP contribution is -2.36. The van der Waals surface area contributed by atoms with Crippen LogP contribution in [0.5, 0.6) is 0 Å². The summed E-state index contributed by atoms with van der Waals surface area (Å²) in [6.07, 6.45) is 0. The average molecular weight is 406 g/mol. The molecular formula is C19H23N3O3S2. The largest absolute Gasteiger partial charge is 0.332 e. The van der Waals surface area contributed by atoms with Gasteiger partial charge in [0.15, 0.2) is 5.11 Å². The Labute approximate surface area is 165 Å². The Hall–Kier alpha value is -2.45. The zero-order valence-electron chi connectivity index (χ0n) is 15.7. The first-order valence-corrected chi connectivity index (χ1v) is 10.3. The number of carbonyl (C=O) groups is 1. The maximum atomic E-state index is 12.5. The molecule has 0 spiro atoms. The molecule has 144 valence electrons. The lowest BCUT2D eigenvalue weighted by molar-refractivity contribution is -0.122. The van der Waals surface area contributed by atoms with Gasteiger partial charge in [0.1, 0.15) is 0 Å². The zero-order chi connectivity index (χ0) is 20.2. The molecule has 0 saturated heterocycles. The SMILES string of the molecule is Cc1ccc(NS(=O)(=O)c2ccc(NC(=S)NC(=O)C(C)C)cc2)cc1C. The second kappa shape index (κ2) is 8.49. The summed E-state index contributed by atoms with van der Waals surface area (Å²) < 4.78 is 27.6. The number of hydrogen-bond acceptors (Lipinski definition) is 4. The second-order valence-corrected chi connectivity index (χ2v) is 8.62. The van der Waals surface area contributed by atoms with Crippen LogP contribution < -0.4 is 15.4 Å². The number of thiocarbonyl (C=S) groups is 1.